The Bertz CT molecular complexity index is 380. The van der Waals surface area contributed by atoms with Gasteiger partial charge in [0, 0.05) is 24.3 Å². The summed E-state index contributed by atoms with van der Waals surface area (Å²) in [5, 5.41) is 9.29. The monoisotopic (exact) mass is 237 g/mol. The number of aliphatic hydroxyl groups is 1. The quantitative estimate of drug-likeness (QED) is 0.873. The van der Waals surface area contributed by atoms with Crippen molar-refractivity contribution in [3.05, 3.63) is 29.6 Å². The summed E-state index contributed by atoms with van der Waals surface area (Å²) < 4.78 is 13.6. The van der Waals surface area contributed by atoms with Gasteiger partial charge < -0.3 is 10.0 Å². The molecule has 94 valence electrons. The van der Waals surface area contributed by atoms with Crippen molar-refractivity contribution in [3.8, 4) is 0 Å². The second kappa shape index (κ2) is 5.50. The van der Waals surface area contributed by atoms with Crippen molar-refractivity contribution in [2.45, 2.75) is 32.8 Å². The second-order valence-corrected chi connectivity index (χ2v) is 4.76. The first-order valence-electron chi connectivity index (χ1n) is 6.39. The summed E-state index contributed by atoms with van der Waals surface area (Å²) in [6, 6.07) is 5.04. The number of halogens is 1. The molecule has 17 heavy (non-hydrogen) atoms. The Morgan fingerprint density at radius 1 is 1.47 bits per heavy atom. The van der Waals surface area contributed by atoms with Crippen molar-refractivity contribution >= 4 is 5.69 Å². The number of hydrogen-bond donors (Lipinski definition) is 1. The molecule has 1 unspecified atom stereocenters. The van der Waals surface area contributed by atoms with E-state index in [0.29, 0.717) is 11.5 Å². The standard InChI is InChI=1S/C14H20FNO/c1-2-11-5-4-8-16(9-11)14-7-3-6-13(15)12(14)10-17/h3,6-7,11,17H,2,4-5,8-10H2,1H3. The van der Waals surface area contributed by atoms with E-state index >= 15 is 0 Å². The zero-order chi connectivity index (χ0) is 12.3. The molecule has 0 amide bonds. The number of piperidine rings is 1. The van der Waals surface area contributed by atoms with Crippen LogP contribution < -0.4 is 4.90 Å². The van der Waals surface area contributed by atoms with Gasteiger partial charge in [0.1, 0.15) is 5.82 Å². The molecule has 1 fully saturated rings. The molecule has 1 N–H and O–H groups in total. The third kappa shape index (κ3) is 2.60. The number of nitrogens with zero attached hydrogens (tertiary/aromatic N) is 1. The Labute approximate surface area is 102 Å². The highest BCUT2D eigenvalue weighted by Crippen LogP contribution is 2.28. The van der Waals surface area contributed by atoms with Crippen LogP contribution in [0.5, 0.6) is 0 Å². The maximum Gasteiger partial charge on any atom is 0.130 e. The van der Waals surface area contributed by atoms with Gasteiger partial charge in [0.25, 0.3) is 0 Å². The molecule has 0 bridgehead atoms. The van der Waals surface area contributed by atoms with Crippen LogP contribution in [0.1, 0.15) is 31.7 Å². The van der Waals surface area contributed by atoms with E-state index < -0.39 is 0 Å². The minimum atomic E-state index is -0.302. The first-order chi connectivity index (χ1) is 8.26. The van der Waals surface area contributed by atoms with Crippen LogP contribution in [0.25, 0.3) is 0 Å². The summed E-state index contributed by atoms with van der Waals surface area (Å²) in [6.07, 6.45) is 3.58. The molecule has 2 rings (SSSR count). The van der Waals surface area contributed by atoms with Gasteiger partial charge in [-0.1, -0.05) is 19.4 Å². The van der Waals surface area contributed by atoms with Crippen molar-refractivity contribution in [1.82, 2.24) is 0 Å². The first kappa shape index (κ1) is 12.4. The summed E-state index contributed by atoms with van der Waals surface area (Å²) >= 11 is 0. The SMILES string of the molecule is CCC1CCCN(c2cccc(F)c2CO)C1. The second-order valence-electron chi connectivity index (χ2n) is 4.76. The molecule has 1 atom stereocenters. The maximum absolute atomic E-state index is 13.6. The van der Waals surface area contributed by atoms with Gasteiger partial charge >= 0.3 is 0 Å². The molecule has 3 heteroatoms. The van der Waals surface area contributed by atoms with Crippen LogP contribution in [-0.4, -0.2) is 18.2 Å². The molecule has 0 aromatic heterocycles. The van der Waals surface area contributed by atoms with E-state index in [1.807, 2.05) is 6.07 Å². The molecule has 2 nitrogen and oxygen atoms in total. The Morgan fingerprint density at radius 2 is 2.29 bits per heavy atom. The van der Waals surface area contributed by atoms with Crippen LogP contribution in [-0.2, 0) is 6.61 Å². The van der Waals surface area contributed by atoms with Crippen LogP contribution >= 0.6 is 0 Å². The van der Waals surface area contributed by atoms with Gasteiger partial charge in [0.05, 0.1) is 6.61 Å². The van der Waals surface area contributed by atoms with E-state index in [4.69, 9.17) is 0 Å². The Kier molecular flexibility index (Phi) is 4.00. The lowest BCUT2D eigenvalue weighted by molar-refractivity contribution is 0.275. The summed E-state index contributed by atoms with van der Waals surface area (Å²) in [4.78, 5) is 2.21. The number of hydrogen-bond acceptors (Lipinski definition) is 2. The van der Waals surface area contributed by atoms with Crippen molar-refractivity contribution in [2.75, 3.05) is 18.0 Å². The lowest BCUT2D eigenvalue weighted by Crippen LogP contribution is -2.35. The van der Waals surface area contributed by atoms with Gasteiger partial charge in [0.2, 0.25) is 0 Å². The first-order valence-corrected chi connectivity index (χ1v) is 6.39. The van der Waals surface area contributed by atoms with Gasteiger partial charge in [-0.15, -0.1) is 0 Å². The highest BCUT2D eigenvalue weighted by molar-refractivity contribution is 5.54. The molecule has 0 radical (unpaired) electrons. The van der Waals surface area contributed by atoms with Crippen LogP contribution in [0.15, 0.2) is 18.2 Å². The molecule has 1 aliphatic rings. The third-order valence-corrected chi connectivity index (χ3v) is 3.69. The molecule has 1 aromatic rings. The predicted molar refractivity (Wildman–Crippen MR) is 67.6 cm³/mol. The Morgan fingerprint density at radius 3 is 3.00 bits per heavy atom. The Hall–Kier alpha value is -1.09. The summed E-state index contributed by atoms with van der Waals surface area (Å²) in [5.74, 6) is 0.391. The highest BCUT2D eigenvalue weighted by atomic mass is 19.1. The smallest absolute Gasteiger partial charge is 0.130 e. The van der Waals surface area contributed by atoms with Crippen LogP contribution in [0, 0.1) is 11.7 Å². The van der Waals surface area contributed by atoms with E-state index in [1.54, 1.807) is 6.07 Å². The normalized spacial score (nSPS) is 20.6. The van der Waals surface area contributed by atoms with Crippen LogP contribution in [0.4, 0.5) is 10.1 Å². The fourth-order valence-corrected chi connectivity index (χ4v) is 2.62. The van der Waals surface area contributed by atoms with E-state index in [-0.39, 0.29) is 12.4 Å². The van der Waals surface area contributed by atoms with E-state index in [1.165, 1.54) is 18.9 Å². The van der Waals surface area contributed by atoms with Crippen LogP contribution in [0.2, 0.25) is 0 Å². The van der Waals surface area contributed by atoms with Gasteiger partial charge in [-0.25, -0.2) is 4.39 Å². The lowest BCUT2D eigenvalue weighted by Gasteiger charge is -2.35. The number of aliphatic hydroxyl groups excluding tert-OH is 1. The average molecular weight is 237 g/mol. The minimum Gasteiger partial charge on any atom is -0.391 e. The van der Waals surface area contributed by atoms with Crippen molar-refractivity contribution in [2.24, 2.45) is 5.92 Å². The molecule has 1 saturated heterocycles. The van der Waals surface area contributed by atoms with Crippen LogP contribution in [0.3, 0.4) is 0 Å². The van der Waals surface area contributed by atoms with Crippen molar-refractivity contribution in [3.63, 3.8) is 0 Å². The molecule has 0 aliphatic carbocycles. The molecule has 0 spiro atoms. The fourth-order valence-electron chi connectivity index (χ4n) is 2.62. The van der Waals surface area contributed by atoms with Gasteiger partial charge in [-0.3, -0.25) is 0 Å². The number of benzene rings is 1. The van der Waals surface area contributed by atoms with E-state index in [2.05, 4.69) is 11.8 Å². The molecular weight excluding hydrogens is 217 g/mol. The molecule has 1 aromatic carbocycles. The number of anilines is 1. The largest absolute Gasteiger partial charge is 0.391 e. The summed E-state index contributed by atoms with van der Waals surface area (Å²) in [7, 11) is 0. The maximum atomic E-state index is 13.6. The fraction of sp³-hybridized carbons (Fsp3) is 0.571. The predicted octanol–water partition coefficient (Wildman–Crippen LogP) is 2.94. The average Bonchev–Trinajstić information content (AvgIpc) is 2.38. The van der Waals surface area contributed by atoms with Gasteiger partial charge in [0.15, 0.2) is 0 Å². The zero-order valence-corrected chi connectivity index (χ0v) is 10.3. The van der Waals surface area contributed by atoms with E-state index in [9.17, 15) is 9.50 Å². The minimum absolute atomic E-state index is 0.227. The summed E-state index contributed by atoms with van der Waals surface area (Å²) in [6.45, 7) is 3.92. The van der Waals surface area contributed by atoms with E-state index in [0.717, 1.165) is 25.2 Å². The zero-order valence-electron chi connectivity index (χ0n) is 10.3. The Balaban J connectivity index is 2.24. The highest BCUT2D eigenvalue weighted by Gasteiger charge is 2.21. The topological polar surface area (TPSA) is 23.5 Å². The summed E-state index contributed by atoms with van der Waals surface area (Å²) in [5.41, 5.74) is 1.30. The molecule has 0 saturated carbocycles. The molecule has 1 heterocycles. The van der Waals surface area contributed by atoms with Gasteiger partial charge in [-0.2, -0.15) is 0 Å². The molecular formula is C14H20FNO. The lowest BCUT2D eigenvalue weighted by atomic mass is 9.94. The number of rotatable bonds is 3. The van der Waals surface area contributed by atoms with Crippen molar-refractivity contribution in [1.29, 1.82) is 0 Å². The van der Waals surface area contributed by atoms with Gasteiger partial charge in [-0.05, 0) is 30.9 Å². The van der Waals surface area contributed by atoms with Crippen molar-refractivity contribution < 1.29 is 9.50 Å². The third-order valence-electron chi connectivity index (χ3n) is 3.69. The molecule has 1 aliphatic heterocycles.